The van der Waals surface area contributed by atoms with Crippen LogP contribution in [0.25, 0.3) is 11.3 Å². The number of anilines is 1. The molecule has 2 aromatic carbocycles. The average Bonchev–Trinajstić information content (AvgIpc) is 3.32. The summed E-state index contributed by atoms with van der Waals surface area (Å²) in [5.41, 5.74) is 1.68. The normalized spacial score (nSPS) is 16.9. The Morgan fingerprint density at radius 3 is 2.50 bits per heavy atom. The van der Waals surface area contributed by atoms with Crippen LogP contribution in [0.4, 0.5) is 5.13 Å². The molecule has 1 N–H and O–H groups in total. The maximum atomic E-state index is 13.1. The number of aromatic nitrogens is 1. The molecule has 1 saturated heterocycles. The summed E-state index contributed by atoms with van der Waals surface area (Å²) in [4.78, 5) is 17.4. The van der Waals surface area contributed by atoms with Crippen LogP contribution < -0.4 is 14.8 Å². The van der Waals surface area contributed by atoms with E-state index >= 15 is 0 Å². The summed E-state index contributed by atoms with van der Waals surface area (Å²) in [6.45, 7) is 1.36. The number of thiazole rings is 1. The molecule has 0 atom stereocenters. The monoisotopic (exact) mass is 519 g/mol. The summed E-state index contributed by atoms with van der Waals surface area (Å²) in [5, 5.41) is 5.92. The van der Waals surface area contributed by atoms with Gasteiger partial charge in [-0.1, -0.05) is 23.7 Å². The lowest BCUT2D eigenvalue weighted by Crippen LogP contribution is -2.41. The van der Waals surface area contributed by atoms with E-state index < -0.39 is 10.0 Å². The van der Waals surface area contributed by atoms with E-state index in [4.69, 9.17) is 21.1 Å². The van der Waals surface area contributed by atoms with Crippen molar-refractivity contribution in [2.24, 2.45) is 5.92 Å². The van der Waals surface area contributed by atoms with Crippen LogP contribution in [-0.2, 0) is 14.8 Å². The van der Waals surface area contributed by atoms with Gasteiger partial charge in [0.25, 0.3) is 0 Å². The molecule has 0 spiro atoms. The highest BCUT2D eigenvalue weighted by atomic mass is 35.5. The number of halogens is 1. The Balaban J connectivity index is 1.20. The lowest BCUT2D eigenvalue weighted by molar-refractivity contribution is -0.120. The van der Waals surface area contributed by atoms with Crippen LogP contribution in [0.5, 0.6) is 11.5 Å². The van der Waals surface area contributed by atoms with Gasteiger partial charge < -0.3 is 14.8 Å². The molecular weight excluding hydrogens is 498 g/mol. The largest absolute Gasteiger partial charge is 0.486 e. The van der Waals surface area contributed by atoms with E-state index in [0.29, 0.717) is 47.7 Å². The van der Waals surface area contributed by atoms with E-state index in [1.165, 1.54) is 27.8 Å². The van der Waals surface area contributed by atoms with Crippen molar-refractivity contribution >= 4 is 44.0 Å². The van der Waals surface area contributed by atoms with Crippen molar-refractivity contribution in [3.8, 4) is 22.8 Å². The molecule has 0 saturated carbocycles. The molecule has 3 aromatic rings. The maximum absolute atomic E-state index is 13.1. The molecule has 2 aliphatic rings. The Morgan fingerprint density at radius 2 is 1.76 bits per heavy atom. The van der Waals surface area contributed by atoms with E-state index in [-0.39, 0.29) is 29.8 Å². The Morgan fingerprint density at radius 1 is 1.06 bits per heavy atom. The topological polar surface area (TPSA) is 97.8 Å². The fraction of sp³-hybridized carbons (Fsp3) is 0.304. The lowest BCUT2D eigenvalue weighted by Gasteiger charge is -2.30. The molecule has 11 heteroatoms. The number of rotatable bonds is 5. The number of ether oxygens (including phenoxy) is 2. The van der Waals surface area contributed by atoms with Crippen LogP contribution in [0.3, 0.4) is 0 Å². The fourth-order valence-corrected chi connectivity index (χ4v) is 6.32. The van der Waals surface area contributed by atoms with Crippen LogP contribution in [0.15, 0.2) is 52.7 Å². The molecule has 1 aromatic heterocycles. The summed E-state index contributed by atoms with van der Waals surface area (Å²) in [6.07, 6.45) is 0.871. The number of nitrogens with one attached hydrogen (secondary N) is 1. The first kappa shape index (κ1) is 23.1. The number of nitrogens with zero attached hydrogens (tertiary/aromatic N) is 2. The molecular formula is C23H22ClN3O5S2. The van der Waals surface area contributed by atoms with Crippen molar-refractivity contribution in [3.05, 3.63) is 52.9 Å². The fourth-order valence-electron chi connectivity index (χ4n) is 3.98. The van der Waals surface area contributed by atoms with Crippen molar-refractivity contribution in [2.75, 3.05) is 31.6 Å². The molecule has 1 fully saturated rings. The minimum absolute atomic E-state index is 0.145. The third-order valence-electron chi connectivity index (χ3n) is 5.85. The number of sulfonamides is 1. The molecule has 0 unspecified atom stereocenters. The smallest absolute Gasteiger partial charge is 0.243 e. The number of amides is 1. The number of carbonyl (C=O) groups is 1. The molecule has 0 bridgehead atoms. The summed E-state index contributed by atoms with van der Waals surface area (Å²) in [7, 11) is -3.69. The third-order valence-corrected chi connectivity index (χ3v) is 8.75. The van der Waals surface area contributed by atoms with Gasteiger partial charge in [0.1, 0.15) is 13.2 Å². The van der Waals surface area contributed by atoms with Crippen molar-refractivity contribution in [1.82, 2.24) is 9.29 Å². The molecule has 178 valence electrons. The molecule has 8 nitrogen and oxygen atoms in total. The number of hydrogen-bond acceptors (Lipinski definition) is 7. The molecule has 0 aliphatic carbocycles. The van der Waals surface area contributed by atoms with E-state index in [2.05, 4.69) is 10.3 Å². The van der Waals surface area contributed by atoms with Gasteiger partial charge in [-0.3, -0.25) is 4.79 Å². The van der Waals surface area contributed by atoms with Crippen molar-refractivity contribution in [3.63, 3.8) is 0 Å². The number of carbonyl (C=O) groups excluding carboxylic acids is 1. The highest BCUT2D eigenvalue weighted by molar-refractivity contribution is 7.89. The van der Waals surface area contributed by atoms with E-state index in [0.717, 1.165) is 11.3 Å². The van der Waals surface area contributed by atoms with E-state index in [1.807, 2.05) is 17.5 Å². The van der Waals surface area contributed by atoms with Crippen LogP contribution in [0.1, 0.15) is 12.8 Å². The minimum atomic E-state index is -3.69. The van der Waals surface area contributed by atoms with E-state index in [9.17, 15) is 13.2 Å². The standard InChI is InChI=1S/C23H22ClN3O5S2/c24-17-3-1-15(2-4-17)19-14-33-23(25-19)26-22(28)16-7-9-27(10-8-16)34(29,30)18-5-6-20-21(13-18)32-12-11-31-20/h1-6,13-14,16H,7-12H2,(H,25,26,28). The third kappa shape index (κ3) is 4.76. The van der Waals surface area contributed by atoms with Crippen LogP contribution in [0, 0.1) is 5.92 Å². The molecule has 0 radical (unpaired) electrons. The zero-order valence-corrected chi connectivity index (χ0v) is 20.5. The Kier molecular flexibility index (Phi) is 6.48. The number of fused-ring (bicyclic) bond motifs is 1. The maximum Gasteiger partial charge on any atom is 0.243 e. The number of benzene rings is 2. The highest BCUT2D eigenvalue weighted by Crippen LogP contribution is 2.34. The van der Waals surface area contributed by atoms with Crippen LogP contribution in [0.2, 0.25) is 5.02 Å². The molecule has 1 amide bonds. The van der Waals surface area contributed by atoms with Gasteiger partial charge in [-0.25, -0.2) is 13.4 Å². The SMILES string of the molecule is O=C(Nc1nc(-c2ccc(Cl)cc2)cs1)C1CCN(S(=O)(=O)c2ccc3c(c2)OCCO3)CC1. The quantitative estimate of drug-likeness (QED) is 0.540. The van der Waals surface area contributed by atoms with Crippen molar-refractivity contribution in [1.29, 1.82) is 0 Å². The second kappa shape index (κ2) is 9.53. The predicted molar refractivity (Wildman–Crippen MR) is 130 cm³/mol. The minimum Gasteiger partial charge on any atom is -0.486 e. The molecule has 5 rings (SSSR count). The van der Waals surface area contributed by atoms with Gasteiger partial charge >= 0.3 is 0 Å². The van der Waals surface area contributed by atoms with Crippen LogP contribution in [-0.4, -0.2) is 49.9 Å². The first-order valence-corrected chi connectivity index (χ1v) is 13.5. The molecule has 34 heavy (non-hydrogen) atoms. The Labute approximate surface area is 206 Å². The van der Waals surface area contributed by atoms with Gasteiger partial charge in [0.05, 0.1) is 10.6 Å². The summed E-state index contributed by atoms with van der Waals surface area (Å²) >= 11 is 7.28. The zero-order chi connectivity index (χ0) is 23.7. The van der Waals surface area contributed by atoms with Gasteiger partial charge in [-0.05, 0) is 37.1 Å². The van der Waals surface area contributed by atoms with E-state index in [1.54, 1.807) is 18.2 Å². The summed E-state index contributed by atoms with van der Waals surface area (Å²) in [5.74, 6) is 0.549. The zero-order valence-electron chi connectivity index (χ0n) is 18.1. The average molecular weight is 520 g/mol. The summed E-state index contributed by atoms with van der Waals surface area (Å²) in [6, 6.07) is 12.0. The van der Waals surface area contributed by atoms with Gasteiger partial charge in [0.15, 0.2) is 16.6 Å². The Hall–Kier alpha value is -2.66. The lowest BCUT2D eigenvalue weighted by atomic mass is 9.97. The van der Waals surface area contributed by atoms with Gasteiger partial charge in [0.2, 0.25) is 15.9 Å². The Bertz CT molecular complexity index is 1300. The number of hydrogen-bond donors (Lipinski definition) is 1. The van der Waals surface area contributed by atoms with Gasteiger partial charge in [-0.2, -0.15) is 4.31 Å². The second-order valence-electron chi connectivity index (χ2n) is 8.02. The highest BCUT2D eigenvalue weighted by Gasteiger charge is 2.33. The first-order valence-electron chi connectivity index (χ1n) is 10.8. The molecule has 2 aliphatic heterocycles. The van der Waals surface area contributed by atoms with Crippen molar-refractivity contribution in [2.45, 2.75) is 17.7 Å². The number of piperidine rings is 1. The van der Waals surface area contributed by atoms with Gasteiger partial charge in [-0.15, -0.1) is 11.3 Å². The first-order chi connectivity index (χ1) is 16.4. The predicted octanol–water partition coefficient (Wildman–Crippen LogP) is 4.27. The van der Waals surface area contributed by atoms with Crippen LogP contribution >= 0.6 is 22.9 Å². The second-order valence-corrected chi connectivity index (χ2v) is 11.3. The van der Waals surface area contributed by atoms with Crippen molar-refractivity contribution < 1.29 is 22.7 Å². The molecule has 3 heterocycles. The van der Waals surface area contributed by atoms with Gasteiger partial charge in [0, 0.05) is 41.0 Å². The summed E-state index contributed by atoms with van der Waals surface area (Å²) < 4.78 is 38.6.